The van der Waals surface area contributed by atoms with Gasteiger partial charge in [-0.2, -0.15) is 0 Å². The smallest absolute Gasteiger partial charge is 0.313 e. The Labute approximate surface area is 151 Å². The lowest BCUT2D eigenvalue weighted by Crippen LogP contribution is -2.33. The van der Waals surface area contributed by atoms with Crippen molar-refractivity contribution in [3.8, 4) is 5.75 Å². The van der Waals surface area contributed by atoms with Gasteiger partial charge in [0.05, 0.1) is 17.5 Å². The van der Waals surface area contributed by atoms with E-state index < -0.39 is 12.0 Å². The first-order valence-electron chi connectivity index (χ1n) is 7.98. The largest absolute Gasteiger partial charge is 0.425 e. The second-order valence-electron chi connectivity index (χ2n) is 6.00. The summed E-state index contributed by atoms with van der Waals surface area (Å²) < 4.78 is 5.44. The Morgan fingerprint density at radius 1 is 1.20 bits per heavy atom. The van der Waals surface area contributed by atoms with Crippen molar-refractivity contribution < 1.29 is 14.3 Å². The summed E-state index contributed by atoms with van der Waals surface area (Å²) in [5.74, 6) is -0.230. The number of nitrogens with zero attached hydrogens (tertiary/aromatic N) is 1. The van der Waals surface area contributed by atoms with Crippen molar-refractivity contribution in [2.75, 3.05) is 0 Å². The maximum absolute atomic E-state index is 12.5. The molecule has 25 heavy (non-hydrogen) atoms. The zero-order valence-corrected chi connectivity index (χ0v) is 14.8. The molecule has 0 N–H and O–H groups in total. The van der Waals surface area contributed by atoms with Crippen molar-refractivity contribution in [1.82, 2.24) is 4.90 Å². The molecule has 0 radical (unpaired) electrons. The molecule has 1 aliphatic rings. The Balaban J connectivity index is 1.84. The Hall–Kier alpha value is -2.59. The second kappa shape index (κ2) is 7.11. The van der Waals surface area contributed by atoms with Crippen molar-refractivity contribution in [2.45, 2.75) is 26.3 Å². The molecule has 1 unspecified atom stereocenters. The van der Waals surface area contributed by atoms with Crippen LogP contribution in [0.5, 0.6) is 5.75 Å². The molecule has 128 valence electrons. The molecule has 1 amide bonds. The van der Waals surface area contributed by atoms with Crippen LogP contribution < -0.4 is 4.74 Å². The van der Waals surface area contributed by atoms with Crippen LogP contribution in [0, 0.1) is 6.92 Å². The zero-order valence-electron chi connectivity index (χ0n) is 14.0. The van der Waals surface area contributed by atoms with E-state index in [-0.39, 0.29) is 12.3 Å². The molecule has 0 saturated carbocycles. The highest BCUT2D eigenvalue weighted by molar-refractivity contribution is 6.32. The fourth-order valence-corrected chi connectivity index (χ4v) is 3.08. The van der Waals surface area contributed by atoms with E-state index in [1.807, 2.05) is 43.3 Å². The number of rotatable bonds is 3. The van der Waals surface area contributed by atoms with Gasteiger partial charge in [-0.25, -0.2) is 0 Å². The molecule has 4 nitrogen and oxygen atoms in total. The topological polar surface area (TPSA) is 46.6 Å². The van der Waals surface area contributed by atoms with E-state index in [1.54, 1.807) is 23.2 Å². The minimum atomic E-state index is -0.436. The summed E-state index contributed by atoms with van der Waals surface area (Å²) in [5, 5.41) is 0.381. The van der Waals surface area contributed by atoms with E-state index in [0.717, 1.165) is 16.7 Å². The van der Waals surface area contributed by atoms with Crippen LogP contribution in [-0.4, -0.2) is 16.8 Å². The average molecular weight is 356 g/mol. The van der Waals surface area contributed by atoms with Gasteiger partial charge in [0.25, 0.3) is 0 Å². The first kappa shape index (κ1) is 17.2. The van der Waals surface area contributed by atoms with Crippen molar-refractivity contribution >= 4 is 29.6 Å². The number of ether oxygens (including phenoxy) is 1. The molecule has 0 fully saturated rings. The van der Waals surface area contributed by atoms with E-state index in [9.17, 15) is 9.59 Å². The predicted molar refractivity (Wildman–Crippen MR) is 97.2 cm³/mol. The van der Waals surface area contributed by atoms with Crippen LogP contribution in [0.15, 0.2) is 48.7 Å². The SMILES string of the molecule is CC(=O)N1C=Cc2ccccc2C1CC(=O)Oc1cc(C)ccc1Cl. The third-order valence-corrected chi connectivity index (χ3v) is 4.45. The van der Waals surface area contributed by atoms with Crippen LogP contribution >= 0.6 is 11.6 Å². The summed E-state index contributed by atoms with van der Waals surface area (Å²) in [6.45, 7) is 3.38. The van der Waals surface area contributed by atoms with Gasteiger partial charge in [0.15, 0.2) is 0 Å². The van der Waals surface area contributed by atoms with Crippen LogP contribution in [0.2, 0.25) is 5.02 Å². The molecule has 5 heteroatoms. The maximum Gasteiger partial charge on any atom is 0.313 e. The first-order chi connectivity index (χ1) is 12.0. The van der Waals surface area contributed by atoms with Crippen LogP contribution in [0.4, 0.5) is 0 Å². The first-order valence-corrected chi connectivity index (χ1v) is 8.36. The third-order valence-electron chi connectivity index (χ3n) is 4.14. The fraction of sp³-hybridized carbons (Fsp3) is 0.200. The van der Waals surface area contributed by atoms with E-state index in [2.05, 4.69) is 0 Å². The molecular formula is C20H18ClNO3. The van der Waals surface area contributed by atoms with Gasteiger partial charge < -0.3 is 9.64 Å². The number of fused-ring (bicyclic) bond motifs is 1. The van der Waals surface area contributed by atoms with Crippen LogP contribution in [-0.2, 0) is 9.59 Å². The quantitative estimate of drug-likeness (QED) is 0.600. The zero-order chi connectivity index (χ0) is 18.0. The standard InChI is InChI=1S/C20H18ClNO3/c1-13-7-8-17(21)19(11-13)25-20(24)12-18-16-6-4-3-5-15(16)9-10-22(18)14(2)23/h3-11,18H,12H2,1-2H3. The van der Waals surface area contributed by atoms with Gasteiger partial charge in [0.2, 0.25) is 5.91 Å². The summed E-state index contributed by atoms with van der Waals surface area (Å²) in [4.78, 5) is 26.0. The number of carbonyl (C=O) groups is 2. The normalized spacial score (nSPS) is 15.6. The highest BCUT2D eigenvalue weighted by Crippen LogP contribution is 2.34. The van der Waals surface area contributed by atoms with Crippen molar-refractivity contribution in [3.63, 3.8) is 0 Å². The summed E-state index contributed by atoms with van der Waals surface area (Å²) in [6, 6.07) is 12.6. The Morgan fingerprint density at radius 3 is 2.72 bits per heavy atom. The number of carbonyl (C=O) groups excluding carboxylic acids is 2. The molecule has 1 heterocycles. The monoisotopic (exact) mass is 355 g/mol. The molecule has 2 aromatic carbocycles. The molecule has 0 aromatic heterocycles. The van der Waals surface area contributed by atoms with Gasteiger partial charge in [0, 0.05) is 13.1 Å². The number of hydrogen-bond acceptors (Lipinski definition) is 3. The molecule has 1 atom stereocenters. The lowest BCUT2D eigenvalue weighted by Gasteiger charge is -2.32. The number of benzene rings is 2. The maximum atomic E-state index is 12.5. The molecule has 0 aliphatic carbocycles. The minimum Gasteiger partial charge on any atom is -0.425 e. The van der Waals surface area contributed by atoms with E-state index in [0.29, 0.717) is 10.8 Å². The summed E-state index contributed by atoms with van der Waals surface area (Å²) in [7, 11) is 0. The number of aryl methyl sites for hydroxylation is 1. The molecular weight excluding hydrogens is 338 g/mol. The molecule has 1 aliphatic heterocycles. The predicted octanol–water partition coefficient (Wildman–Crippen LogP) is 4.52. The van der Waals surface area contributed by atoms with Gasteiger partial charge in [-0.1, -0.05) is 41.9 Å². The number of amides is 1. The lowest BCUT2D eigenvalue weighted by atomic mass is 9.94. The van der Waals surface area contributed by atoms with Crippen LogP contribution in [0.3, 0.4) is 0 Å². The highest BCUT2D eigenvalue weighted by atomic mass is 35.5. The molecule has 3 rings (SSSR count). The highest BCUT2D eigenvalue weighted by Gasteiger charge is 2.29. The number of hydrogen-bond donors (Lipinski definition) is 0. The van der Waals surface area contributed by atoms with Gasteiger partial charge in [-0.05, 0) is 41.8 Å². The van der Waals surface area contributed by atoms with Gasteiger partial charge in [-0.3, -0.25) is 9.59 Å². The van der Waals surface area contributed by atoms with Gasteiger partial charge in [0.1, 0.15) is 5.75 Å². The van der Waals surface area contributed by atoms with Gasteiger partial charge >= 0.3 is 5.97 Å². The van der Waals surface area contributed by atoms with Crippen molar-refractivity contribution in [1.29, 1.82) is 0 Å². The minimum absolute atomic E-state index is 0.0468. The number of esters is 1. The van der Waals surface area contributed by atoms with E-state index >= 15 is 0 Å². The van der Waals surface area contributed by atoms with Crippen LogP contribution in [0.1, 0.15) is 36.1 Å². The Kier molecular flexibility index (Phi) is 4.91. The summed E-state index contributed by atoms with van der Waals surface area (Å²) in [5.41, 5.74) is 2.86. The number of halogens is 1. The van der Waals surface area contributed by atoms with Crippen molar-refractivity contribution in [2.24, 2.45) is 0 Å². The molecule has 0 saturated heterocycles. The Morgan fingerprint density at radius 2 is 1.96 bits per heavy atom. The average Bonchev–Trinajstić information content (AvgIpc) is 2.58. The second-order valence-corrected chi connectivity index (χ2v) is 6.41. The molecule has 0 spiro atoms. The summed E-state index contributed by atoms with van der Waals surface area (Å²) >= 11 is 6.09. The van der Waals surface area contributed by atoms with E-state index in [4.69, 9.17) is 16.3 Å². The van der Waals surface area contributed by atoms with E-state index in [1.165, 1.54) is 6.92 Å². The molecule has 2 aromatic rings. The van der Waals surface area contributed by atoms with Crippen molar-refractivity contribution in [3.05, 3.63) is 70.4 Å². The fourth-order valence-electron chi connectivity index (χ4n) is 2.92. The Bertz CT molecular complexity index is 860. The van der Waals surface area contributed by atoms with Crippen LogP contribution in [0.25, 0.3) is 6.08 Å². The summed E-state index contributed by atoms with van der Waals surface area (Å²) in [6.07, 6.45) is 3.63. The molecule has 0 bridgehead atoms. The lowest BCUT2D eigenvalue weighted by molar-refractivity contribution is -0.137. The van der Waals surface area contributed by atoms with Gasteiger partial charge in [-0.15, -0.1) is 0 Å². The third kappa shape index (κ3) is 3.74.